The van der Waals surface area contributed by atoms with Gasteiger partial charge < -0.3 is 25.8 Å². The second-order valence-electron chi connectivity index (χ2n) is 6.02. The number of nitrogens with two attached hydrogens (primary N) is 1. The number of amides is 1. The monoisotopic (exact) mass is 484 g/mol. The Kier molecular flexibility index (Phi) is 10.6. The van der Waals surface area contributed by atoms with Gasteiger partial charge in [-0.25, -0.2) is 4.79 Å². The number of carbonyl (C=O) groups excluding carboxylic acids is 1. The summed E-state index contributed by atoms with van der Waals surface area (Å²) in [4.78, 5) is 15.6. The van der Waals surface area contributed by atoms with Crippen molar-refractivity contribution in [1.29, 1.82) is 0 Å². The summed E-state index contributed by atoms with van der Waals surface area (Å²) >= 11 is 6.04. The number of alkyl carbamates (subject to hydrolysis) is 1. The first kappa shape index (κ1) is 23.6. The number of aliphatic imine (C=N–C) groups is 1. The van der Waals surface area contributed by atoms with Crippen LogP contribution < -0.4 is 21.1 Å². The van der Waals surface area contributed by atoms with Gasteiger partial charge in [-0.1, -0.05) is 11.6 Å². The molecule has 1 rings (SSSR count). The molecule has 1 aromatic rings. The third-order valence-corrected chi connectivity index (χ3v) is 3.00. The van der Waals surface area contributed by atoms with E-state index in [4.69, 9.17) is 26.8 Å². The van der Waals surface area contributed by atoms with Gasteiger partial charge in [0.15, 0.2) is 5.96 Å². The fraction of sp³-hybridized carbons (Fsp3) is 0.500. The molecule has 25 heavy (non-hydrogen) atoms. The van der Waals surface area contributed by atoms with Crippen LogP contribution in [0.25, 0.3) is 0 Å². The van der Waals surface area contributed by atoms with E-state index in [1.807, 2.05) is 20.8 Å². The minimum atomic E-state index is -0.504. The predicted molar refractivity (Wildman–Crippen MR) is 112 cm³/mol. The SMILES string of the molecule is COc1ccc(NC(N)=NCCCNC(=O)OC(C)(C)C)cc1Cl.I. The van der Waals surface area contributed by atoms with E-state index in [0.717, 1.165) is 0 Å². The van der Waals surface area contributed by atoms with E-state index in [0.29, 0.717) is 36.0 Å². The summed E-state index contributed by atoms with van der Waals surface area (Å²) in [6, 6.07) is 5.23. The molecule has 0 bridgehead atoms. The number of methoxy groups -OCH3 is 1. The number of rotatable bonds is 6. The summed E-state index contributed by atoms with van der Waals surface area (Å²) < 4.78 is 10.2. The molecule has 0 aliphatic rings. The Morgan fingerprint density at radius 2 is 2.04 bits per heavy atom. The largest absolute Gasteiger partial charge is 0.495 e. The molecule has 0 aliphatic heterocycles. The lowest BCUT2D eigenvalue weighted by Gasteiger charge is -2.19. The number of guanidine groups is 1. The van der Waals surface area contributed by atoms with Gasteiger partial charge in [0.05, 0.1) is 12.1 Å². The van der Waals surface area contributed by atoms with E-state index >= 15 is 0 Å². The van der Waals surface area contributed by atoms with Crippen LogP contribution in [0.5, 0.6) is 5.75 Å². The summed E-state index contributed by atoms with van der Waals surface area (Å²) in [5.74, 6) is 0.861. The number of ether oxygens (including phenoxy) is 2. The van der Waals surface area contributed by atoms with Crippen LogP contribution in [0.1, 0.15) is 27.2 Å². The van der Waals surface area contributed by atoms with E-state index in [1.54, 1.807) is 25.3 Å². The number of halogens is 2. The first-order chi connectivity index (χ1) is 11.2. The van der Waals surface area contributed by atoms with Gasteiger partial charge in [0.1, 0.15) is 11.4 Å². The molecule has 0 spiro atoms. The normalized spacial score (nSPS) is 11.3. The highest BCUT2D eigenvalue weighted by molar-refractivity contribution is 14.0. The van der Waals surface area contributed by atoms with E-state index in [1.165, 1.54) is 0 Å². The van der Waals surface area contributed by atoms with Crippen molar-refractivity contribution >= 4 is 53.3 Å². The molecule has 0 saturated heterocycles. The summed E-state index contributed by atoms with van der Waals surface area (Å²) in [6.07, 6.45) is 0.204. The molecule has 0 aliphatic carbocycles. The van der Waals surface area contributed by atoms with Gasteiger partial charge >= 0.3 is 6.09 Å². The lowest BCUT2D eigenvalue weighted by Crippen LogP contribution is -2.33. The fourth-order valence-electron chi connectivity index (χ4n) is 1.71. The quantitative estimate of drug-likeness (QED) is 0.248. The van der Waals surface area contributed by atoms with Crippen LogP contribution in [0.3, 0.4) is 0 Å². The van der Waals surface area contributed by atoms with Gasteiger partial charge in [-0.05, 0) is 45.4 Å². The standard InChI is InChI=1S/C16H25ClN4O3.HI/c1-16(2,3)24-15(22)20-9-5-8-19-14(18)21-11-6-7-13(23-4)12(17)10-11;/h6-7,10H,5,8-9H2,1-4H3,(H,20,22)(H3,18,19,21);1H. The van der Waals surface area contributed by atoms with Gasteiger partial charge in [0, 0.05) is 18.8 Å². The Morgan fingerprint density at radius 1 is 1.36 bits per heavy atom. The molecule has 0 radical (unpaired) electrons. The van der Waals surface area contributed by atoms with E-state index in [9.17, 15) is 4.79 Å². The molecular weight excluding hydrogens is 459 g/mol. The van der Waals surface area contributed by atoms with Crippen LogP contribution in [0.4, 0.5) is 10.5 Å². The van der Waals surface area contributed by atoms with Crippen LogP contribution in [0.2, 0.25) is 5.02 Å². The van der Waals surface area contributed by atoms with Gasteiger partial charge in [0.25, 0.3) is 0 Å². The first-order valence-corrected chi connectivity index (χ1v) is 7.96. The highest BCUT2D eigenvalue weighted by atomic mass is 127. The Bertz CT molecular complexity index is 591. The van der Waals surface area contributed by atoms with Crippen LogP contribution >= 0.6 is 35.6 Å². The lowest BCUT2D eigenvalue weighted by atomic mass is 10.2. The van der Waals surface area contributed by atoms with Gasteiger partial charge in [-0.15, -0.1) is 24.0 Å². The zero-order valence-electron chi connectivity index (χ0n) is 14.9. The first-order valence-electron chi connectivity index (χ1n) is 7.58. The van der Waals surface area contributed by atoms with Crippen molar-refractivity contribution in [3.05, 3.63) is 23.2 Å². The number of hydrogen-bond donors (Lipinski definition) is 3. The highest BCUT2D eigenvalue weighted by Crippen LogP contribution is 2.26. The number of anilines is 1. The third kappa shape index (κ3) is 10.2. The Balaban J connectivity index is 0.00000576. The summed E-state index contributed by atoms with van der Waals surface area (Å²) in [6.45, 7) is 6.37. The van der Waals surface area contributed by atoms with Crippen molar-refractivity contribution in [2.75, 3.05) is 25.5 Å². The fourth-order valence-corrected chi connectivity index (χ4v) is 1.97. The van der Waals surface area contributed by atoms with Gasteiger partial charge in [0.2, 0.25) is 0 Å². The van der Waals surface area contributed by atoms with Crippen molar-refractivity contribution in [2.45, 2.75) is 32.8 Å². The maximum absolute atomic E-state index is 11.5. The third-order valence-electron chi connectivity index (χ3n) is 2.71. The molecule has 142 valence electrons. The lowest BCUT2D eigenvalue weighted by molar-refractivity contribution is 0.0527. The second-order valence-corrected chi connectivity index (χ2v) is 6.43. The number of hydrogen-bond acceptors (Lipinski definition) is 4. The molecule has 7 nitrogen and oxygen atoms in total. The van der Waals surface area contributed by atoms with E-state index in [-0.39, 0.29) is 29.9 Å². The van der Waals surface area contributed by atoms with Crippen molar-refractivity contribution in [3.63, 3.8) is 0 Å². The van der Waals surface area contributed by atoms with Crippen molar-refractivity contribution in [3.8, 4) is 5.75 Å². The van der Waals surface area contributed by atoms with E-state index in [2.05, 4.69) is 15.6 Å². The maximum Gasteiger partial charge on any atom is 0.407 e. The molecule has 0 saturated carbocycles. The topological polar surface area (TPSA) is 98.0 Å². The van der Waals surface area contributed by atoms with Gasteiger partial charge in [-0.2, -0.15) is 0 Å². The molecule has 0 fully saturated rings. The molecule has 0 atom stereocenters. The van der Waals surface area contributed by atoms with Gasteiger partial charge in [-0.3, -0.25) is 4.99 Å². The second kappa shape index (κ2) is 11.2. The number of carbonyl (C=O) groups is 1. The van der Waals surface area contributed by atoms with Crippen LogP contribution in [-0.2, 0) is 4.74 Å². The van der Waals surface area contributed by atoms with Crippen molar-refractivity contribution < 1.29 is 14.3 Å². The smallest absolute Gasteiger partial charge is 0.407 e. The summed E-state index contributed by atoms with van der Waals surface area (Å²) in [5.41, 5.74) is 6.02. The summed E-state index contributed by atoms with van der Waals surface area (Å²) in [5, 5.41) is 6.08. The zero-order chi connectivity index (χ0) is 18.2. The Hall–Kier alpha value is -1.42. The van der Waals surface area contributed by atoms with Crippen LogP contribution in [0, 0.1) is 0 Å². The molecule has 1 amide bonds. The van der Waals surface area contributed by atoms with Crippen LogP contribution in [-0.4, -0.2) is 37.9 Å². The summed E-state index contributed by atoms with van der Waals surface area (Å²) in [7, 11) is 1.55. The van der Waals surface area contributed by atoms with Crippen molar-refractivity contribution in [1.82, 2.24) is 5.32 Å². The molecule has 0 aromatic heterocycles. The number of nitrogens with one attached hydrogen (secondary N) is 2. The van der Waals surface area contributed by atoms with E-state index < -0.39 is 11.7 Å². The predicted octanol–water partition coefficient (Wildman–Crippen LogP) is 3.61. The molecule has 9 heteroatoms. The minimum absolute atomic E-state index is 0. The number of nitrogens with zero attached hydrogens (tertiary/aromatic N) is 1. The zero-order valence-corrected chi connectivity index (χ0v) is 18.0. The Labute approximate surface area is 170 Å². The van der Waals surface area contributed by atoms with Crippen molar-refractivity contribution in [2.24, 2.45) is 10.7 Å². The van der Waals surface area contributed by atoms with Crippen LogP contribution in [0.15, 0.2) is 23.2 Å². The number of benzene rings is 1. The molecule has 4 N–H and O–H groups in total. The minimum Gasteiger partial charge on any atom is -0.495 e. The average molecular weight is 485 g/mol. The molecule has 0 unspecified atom stereocenters. The highest BCUT2D eigenvalue weighted by Gasteiger charge is 2.15. The maximum atomic E-state index is 11.5. The Morgan fingerprint density at radius 3 is 2.60 bits per heavy atom. The molecule has 0 heterocycles. The molecular formula is C16H26ClIN4O3. The average Bonchev–Trinajstić information content (AvgIpc) is 2.45. The molecule has 1 aromatic carbocycles.